The summed E-state index contributed by atoms with van der Waals surface area (Å²) in [6, 6.07) is 16.3. The molecular weight excluding hydrogens is 358 g/mol. The van der Waals surface area contributed by atoms with Gasteiger partial charge in [0.2, 0.25) is 0 Å². The van der Waals surface area contributed by atoms with Crippen molar-refractivity contribution < 1.29 is 14.3 Å². The molecule has 2 aromatic carbocycles. The van der Waals surface area contributed by atoms with E-state index in [4.69, 9.17) is 9.47 Å². The molecule has 1 atom stereocenters. The fourth-order valence-electron chi connectivity index (χ4n) is 3.62. The Morgan fingerprint density at radius 1 is 1.22 bits per heavy atom. The molecule has 4 nitrogen and oxygen atoms in total. The van der Waals surface area contributed by atoms with Crippen LogP contribution in [-0.2, 0) is 11.3 Å². The number of carbonyl (C=O) groups excluding carboxylic acids is 1. The van der Waals surface area contributed by atoms with Gasteiger partial charge in [0.15, 0.2) is 0 Å². The van der Waals surface area contributed by atoms with Crippen molar-refractivity contribution in [3.05, 3.63) is 64.5 Å². The number of hydrogen-bond donors (Lipinski definition) is 0. The predicted molar refractivity (Wildman–Crippen MR) is 109 cm³/mol. The Hall–Kier alpha value is -2.37. The highest BCUT2D eigenvalue weighted by atomic mass is 32.1. The molecule has 0 spiro atoms. The Bertz CT molecular complexity index is 951. The molecule has 0 N–H and O–H groups in total. The Morgan fingerprint density at radius 2 is 2.04 bits per heavy atom. The van der Waals surface area contributed by atoms with E-state index in [2.05, 4.69) is 42.2 Å². The second-order valence-corrected chi connectivity index (χ2v) is 8.27. The fraction of sp³-hybridized carbons (Fsp3) is 0.318. The Labute approximate surface area is 163 Å². The maximum atomic E-state index is 12.8. The maximum absolute atomic E-state index is 12.8. The molecule has 1 aromatic heterocycles. The van der Waals surface area contributed by atoms with Gasteiger partial charge in [0.25, 0.3) is 0 Å². The van der Waals surface area contributed by atoms with E-state index in [1.165, 1.54) is 10.4 Å². The molecule has 0 saturated carbocycles. The molecule has 0 aliphatic carbocycles. The van der Waals surface area contributed by atoms with Crippen LogP contribution in [0.1, 0.15) is 27.2 Å². The van der Waals surface area contributed by atoms with Crippen molar-refractivity contribution in [1.82, 2.24) is 4.90 Å². The van der Waals surface area contributed by atoms with Crippen LogP contribution in [-0.4, -0.2) is 37.2 Å². The predicted octanol–water partition coefficient (Wildman–Crippen LogP) is 4.65. The zero-order chi connectivity index (χ0) is 18.8. The van der Waals surface area contributed by atoms with Gasteiger partial charge in [-0.1, -0.05) is 30.3 Å². The SMILES string of the molecule is COc1cc2sc(C)cc2cc1C(=O)OC1CCN(Cc2ccccc2)C1. The van der Waals surface area contributed by atoms with Crippen LogP contribution in [0, 0.1) is 6.92 Å². The highest BCUT2D eigenvalue weighted by molar-refractivity contribution is 7.19. The number of likely N-dealkylation sites (tertiary alicyclic amines) is 1. The van der Waals surface area contributed by atoms with Gasteiger partial charge in [-0.3, -0.25) is 4.90 Å². The summed E-state index contributed by atoms with van der Waals surface area (Å²) < 4.78 is 12.4. The molecule has 4 rings (SSSR count). The lowest BCUT2D eigenvalue weighted by Crippen LogP contribution is -2.25. The molecule has 0 bridgehead atoms. The molecule has 27 heavy (non-hydrogen) atoms. The number of esters is 1. The number of rotatable bonds is 5. The lowest BCUT2D eigenvalue weighted by atomic mass is 10.1. The number of carbonyl (C=O) groups is 1. The van der Waals surface area contributed by atoms with Gasteiger partial charge in [0.1, 0.15) is 17.4 Å². The number of thiophene rings is 1. The van der Waals surface area contributed by atoms with E-state index in [-0.39, 0.29) is 12.1 Å². The first-order valence-electron chi connectivity index (χ1n) is 9.18. The van der Waals surface area contributed by atoms with Gasteiger partial charge in [0, 0.05) is 29.2 Å². The van der Waals surface area contributed by atoms with Crippen LogP contribution in [0.5, 0.6) is 5.75 Å². The number of aryl methyl sites for hydroxylation is 1. The Balaban J connectivity index is 1.44. The molecule has 140 valence electrons. The maximum Gasteiger partial charge on any atom is 0.342 e. The summed E-state index contributed by atoms with van der Waals surface area (Å²) in [4.78, 5) is 16.3. The van der Waals surface area contributed by atoms with Crippen molar-refractivity contribution in [2.75, 3.05) is 20.2 Å². The normalized spacial score (nSPS) is 17.3. The second kappa shape index (κ2) is 7.71. The van der Waals surface area contributed by atoms with Crippen LogP contribution in [0.2, 0.25) is 0 Å². The summed E-state index contributed by atoms with van der Waals surface area (Å²) in [5, 5.41) is 1.06. The monoisotopic (exact) mass is 381 g/mol. The third-order valence-electron chi connectivity index (χ3n) is 4.93. The van der Waals surface area contributed by atoms with Crippen LogP contribution in [0.3, 0.4) is 0 Å². The Kier molecular flexibility index (Phi) is 5.14. The van der Waals surface area contributed by atoms with Gasteiger partial charge in [-0.05, 0) is 42.5 Å². The molecule has 2 heterocycles. The highest BCUT2D eigenvalue weighted by Gasteiger charge is 2.27. The van der Waals surface area contributed by atoms with E-state index in [1.54, 1.807) is 18.4 Å². The van der Waals surface area contributed by atoms with E-state index in [0.29, 0.717) is 11.3 Å². The zero-order valence-corrected chi connectivity index (χ0v) is 16.4. The van der Waals surface area contributed by atoms with Gasteiger partial charge in [-0.2, -0.15) is 0 Å². The smallest absolute Gasteiger partial charge is 0.342 e. The molecule has 1 aliphatic rings. The average Bonchev–Trinajstić information content (AvgIpc) is 3.25. The molecule has 0 amide bonds. The molecule has 1 fully saturated rings. The summed E-state index contributed by atoms with van der Waals surface area (Å²) in [5.74, 6) is 0.276. The number of methoxy groups -OCH3 is 1. The highest BCUT2D eigenvalue weighted by Crippen LogP contribution is 2.32. The first kappa shape index (κ1) is 18.0. The summed E-state index contributed by atoms with van der Waals surface area (Å²) in [6.07, 6.45) is 0.784. The van der Waals surface area contributed by atoms with Crippen molar-refractivity contribution in [3.63, 3.8) is 0 Å². The minimum atomic E-state index is -0.302. The van der Waals surface area contributed by atoms with E-state index in [0.717, 1.165) is 36.1 Å². The quantitative estimate of drug-likeness (QED) is 0.603. The molecule has 1 aliphatic heterocycles. The molecule has 5 heteroatoms. The van der Waals surface area contributed by atoms with Crippen molar-refractivity contribution in [2.24, 2.45) is 0 Å². The number of nitrogens with zero attached hydrogens (tertiary/aromatic N) is 1. The second-order valence-electron chi connectivity index (χ2n) is 6.98. The lowest BCUT2D eigenvalue weighted by molar-refractivity contribution is 0.0317. The average molecular weight is 381 g/mol. The molecule has 0 radical (unpaired) electrons. The van der Waals surface area contributed by atoms with Gasteiger partial charge in [-0.15, -0.1) is 11.3 Å². The minimum absolute atomic E-state index is 0.0779. The molecule has 1 saturated heterocycles. The van der Waals surface area contributed by atoms with Gasteiger partial charge < -0.3 is 9.47 Å². The summed E-state index contributed by atoms with van der Waals surface area (Å²) in [7, 11) is 1.59. The summed E-state index contributed by atoms with van der Waals surface area (Å²) in [5.41, 5.74) is 1.79. The van der Waals surface area contributed by atoms with E-state index in [1.807, 2.05) is 18.2 Å². The largest absolute Gasteiger partial charge is 0.496 e. The molecular formula is C22H23NO3S. The van der Waals surface area contributed by atoms with Crippen LogP contribution in [0.25, 0.3) is 10.1 Å². The van der Waals surface area contributed by atoms with Crippen molar-refractivity contribution in [3.8, 4) is 5.75 Å². The Morgan fingerprint density at radius 3 is 2.81 bits per heavy atom. The van der Waals surface area contributed by atoms with Crippen LogP contribution in [0.15, 0.2) is 48.5 Å². The minimum Gasteiger partial charge on any atom is -0.496 e. The third-order valence-corrected chi connectivity index (χ3v) is 5.95. The van der Waals surface area contributed by atoms with Gasteiger partial charge >= 0.3 is 5.97 Å². The number of fused-ring (bicyclic) bond motifs is 1. The van der Waals surface area contributed by atoms with Crippen LogP contribution >= 0.6 is 11.3 Å². The molecule has 1 unspecified atom stereocenters. The number of benzene rings is 2. The summed E-state index contributed by atoms with van der Waals surface area (Å²) >= 11 is 1.70. The van der Waals surface area contributed by atoms with Gasteiger partial charge in [0.05, 0.1) is 7.11 Å². The lowest BCUT2D eigenvalue weighted by Gasteiger charge is -2.17. The first-order chi connectivity index (χ1) is 13.1. The standard InChI is InChI=1S/C22H23NO3S/c1-15-10-17-11-19(20(25-2)12-21(17)27-15)22(24)26-18-8-9-23(14-18)13-16-6-4-3-5-7-16/h3-7,10-12,18H,8-9,13-14H2,1-2H3. The summed E-state index contributed by atoms with van der Waals surface area (Å²) in [6.45, 7) is 4.66. The van der Waals surface area contributed by atoms with Crippen molar-refractivity contribution in [2.45, 2.75) is 26.0 Å². The topological polar surface area (TPSA) is 38.8 Å². The van der Waals surface area contributed by atoms with Crippen molar-refractivity contribution in [1.29, 1.82) is 0 Å². The van der Waals surface area contributed by atoms with E-state index >= 15 is 0 Å². The number of hydrogen-bond acceptors (Lipinski definition) is 5. The van der Waals surface area contributed by atoms with E-state index in [9.17, 15) is 4.79 Å². The van der Waals surface area contributed by atoms with Gasteiger partial charge in [-0.25, -0.2) is 4.79 Å². The van der Waals surface area contributed by atoms with Crippen molar-refractivity contribution >= 4 is 27.4 Å². The first-order valence-corrected chi connectivity index (χ1v) is 9.99. The van der Waals surface area contributed by atoms with Crippen LogP contribution in [0.4, 0.5) is 0 Å². The van der Waals surface area contributed by atoms with Crippen LogP contribution < -0.4 is 4.74 Å². The third kappa shape index (κ3) is 3.99. The van der Waals surface area contributed by atoms with E-state index < -0.39 is 0 Å². The fourth-order valence-corrected chi connectivity index (χ4v) is 4.56. The zero-order valence-electron chi connectivity index (χ0n) is 15.6. The molecule has 3 aromatic rings. The number of ether oxygens (including phenoxy) is 2.